The highest BCUT2D eigenvalue weighted by atomic mass is 16.6. The molecule has 2 N–H and O–H groups in total. The molecular weight excluding hydrogens is 220 g/mol. The molecular formula is C12H20N2O3. The van der Waals surface area contributed by atoms with Gasteiger partial charge in [-0.1, -0.05) is 6.08 Å². The van der Waals surface area contributed by atoms with Gasteiger partial charge in [0.2, 0.25) is 0 Å². The second-order valence-electron chi connectivity index (χ2n) is 4.39. The number of carbonyl (C=O) groups excluding carboxylic acids is 1. The lowest BCUT2D eigenvalue weighted by Crippen LogP contribution is -2.45. The lowest BCUT2D eigenvalue weighted by molar-refractivity contribution is -0.792. The molecule has 96 valence electrons. The Bertz CT molecular complexity index is 317. The number of rotatable bonds is 7. The van der Waals surface area contributed by atoms with Gasteiger partial charge in [-0.2, -0.15) is 0 Å². The van der Waals surface area contributed by atoms with Gasteiger partial charge in [-0.25, -0.2) is 4.79 Å². The molecule has 0 radical (unpaired) electrons. The summed E-state index contributed by atoms with van der Waals surface area (Å²) in [6, 6.07) is 0.0236. The van der Waals surface area contributed by atoms with Gasteiger partial charge in [-0.15, -0.1) is 6.58 Å². The van der Waals surface area contributed by atoms with E-state index in [1.807, 2.05) is 6.92 Å². The summed E-state index contributed by atoms with van der Waals surface area (Å²) in [5.74, 6) is -0.396. The van der Waals surface area contributed by atoms with Crippen LogP contribution in [-0.4, -0.2) is 41.0 Å². The van der Waals surface area contributed by atoms with Crippen molar-refractivity contribution in [3.05, 3.63) is 30.0 Å². The molecule has 5 nitrogen and oxygen atoms in total. The molecule has 1 amide bonds. The second-order valence-corrected chi connectivity index (χ2v) is 4.39. The molecule has 1 aliphatic rings. The molecule has 0 saturated carbocycles. The molecule has 3 unspecified atom stereocenters. The summed E-state index contributed by atoms with van der Waals surface area (Å²) in [6.45, 7) is 5.91. The minimum atomic E-state index is -0.816. The van der Waals surface area contributed by atoms with Gasteiger partial charge >= 0.3 is 5.91 Å². The summed E-state index contributed by atoms with van der Waals surface area (Å²) in [6.07, 6.45) is 4.92. The van der Waals surface area contributed by atoms with Crippen LogP contribution in [0.1, 0.15) is 19.8 Å². The van der Waals surface area contributed by atoms with E-state index in [0.717, 1.165) is 0 Å². The van der Waals surface area contributed by atoms with Crippen molar-refractivity contribution in [3.8, 4) is 0 Å². The van der Waals surface area contributed by atoms with Gasteiger partial charge < -0.3 is 10.3 Å². The zero-order chi connectivity index (χ0) is 12.9. The standard InChI is InChI=1S/C12H20N2O3/c1-3-10(2)13-11(15)6-4-8-14(17)9-5-7-12(14)16/h3,5,7,10-11,13,15H,1,4,6,8-9H2,2H3. The number of hydroxylamine groups is 3. The van der Waals surface area contributed by atoms with Gasteiger partial charge in [0.05, 0.1) is 6.54 Å². The van der Waals surface area contributed by atoms with E-state index in [9.17, 15) is 15.1 Å². The van der Waals surface area contributed by atoms with Crippen LogP contribution in [0.3, 0.4) is 0 Å². The lowest BCUT2D eigenvalue weighted by atomic mass is 10.2. The van der Waals surface area contributed by atoms with Crippen molar-refractivity contribution in [2.24, 2.45) is 0 Å². The number of quaternary nitrogens is 1. The topological polar surface area (TPSA) is 72.4 Å². The van der Waals surface area contributed by atoms with Gasteiger partial charge in [-0.05, 0) is 19.4 Å². The van der Waals surface area contributed by atoms with E-state index in [2.05, 4.69) is 11.9 Å². The zero-order valence-electron chi connectivity index (χ0n) is 10.1. The smallest absolute Gasteiger partial charge is 0.338 e. The molecule has 0 fully saturated rings. The van der Waals surface area contributed by atoms with Gasteiger partial charge in [0.1, 0.15) is 12.8 Å². The van der Waals surface area contributed by atoms with Gasteiger partial charge in [-0.3, -0.25) is 9.96 Å². The van der Waals surface area contributed by atoms with Crippen LogP contribution >= 0.6 is 0 Å². The number of aliphatic hydroxyl groups is 1. The molecule has 3 atom stereocenters. The lowest BCUT2D eigenvalue weighted by Gasteiger charge is -2.35. The highest BCUT2D eigenvalue weighted by molar-refractivity contribution is 5.83. The Hall–Kier alpha value is -1.01. The molecule has 0 bridgehead atoms. The largest absolute Gasteiger partial charge is 0.625 e. The maximum Gasteiger partial charge on any atom is 0.338 e. The van der Waals surface area contributed by atoms with Crippen LogP contribution in [-0.2, 0) is 4.79 Å². The maximum absolute atomic E-state index is 11.9. The Balaban J connectivity index is 2.24. The minimum Gasteiger partial charge on any atom is -0.625 e. The van der Waals surface area contributed by atoms with E-state index in [1.54, 1.807) is 12.2 Å². The fourth-order valence-corrected chi connectivity index (χ4v) is 1.75. The predicted octanol–water partition coefficient (Wildman–Crippen LogP) is 0.660. The monoisotopic (exact) mass is 240 g/mol. The van der Waals surface area contributed by atoms with Crippen LogP contribution in [0.5, 0.6) is 0 Å². The highest BCUT2D eigenvalue weighted by Gasteiger charge is 2.28. The molecule has 0 aromatic rings. The van der Waals surface area contributed by atoms with E-state index in [-0.39, 0.29) is 19.1 Å². The summed E-state index contributed by atoms with van der Waals surface area (Å²) in [4.78, 5) is 11.3. The first kappa shape index (κ1) is 14.1. The maximum atomic E-state index is 11.9. The van der Waals surface area contributed by atoms with Crippen LogP contribution in [0.25, 0.3) is 0 Å². The van der Waals surface area contributed by atoms with E-state index < -0.39 is 16.8 Å². The van der Waals surface area contributed by atoms with Crippen molar-refractivity contribution in [1.82, 2.24) is 5.32 Å². The van der Waals surface area contributed by atoms with Crippen LogP contribution < -0.4 is 5.32 Å². The van der Waals surface area contributed by atoms with Crippen molar-refractivity contribution in [2.75, 3.05) is 13.1 Å². The van der Waals surface area contributed by atoms with Crippen molar-refractivity contribution >= 4 is 5.91 Å². The molecule has 0 saturated heterocycles. The highest BCUT2D eigenvalue weighted by Crippen LogP contribution is 2.15. The second kappa shape index (κ2) is 6.07. The third-order valence-electron chi connectivity index (χ3n) is 2.87. The molecule has 1 aliphatic heterocycles. The number of aliphatic hydroxyl groups excluding tert-OH is 1. The van der Waals surface area contributed by atoms with E-state index >= 15 is 0 Å². The van der Waals surface area contributed by atoms with Gasteiger partial charge in [0.15, 0.2) is 0 Å². The van der Waals surface area contributed by atoms with Crippen LogP contribution in [0.15, 0.2) is 24.8 Å². The van der Waals surface area contributed by atoms with E-state index in [1.165, 1.54) is 6.08 Å². The first-order valence-corrected chi connectivity index (χ1v) is 5.84. The first-order chi connectivity index (χ1) is 7.98. The third-order valence-corrected chi connectivity index (χ3v) is 2.87. The molecule has 0 aromatic heterocycles. The number of amides is 1. The molecule has 0 spiro atoms. The van der Waals surface area contributed by atoms with E-state index in [4.69, 9.17) is 0 Å². The number of carbonyl (C=O) groups is 1. The first-order valence-electron chi connectivity index (χ1n) is 5.84. The predicted molar refractivity (Wildman–Crippen MR) is 65.5 cm³/mol. The van der Waals surface area contributed by atoms with Crippen LogP contribution in [0, 0.1) is 5.21 Å². The quantitative estimate of drug-likeness (QED) is 0.297. The van der Waals surface area contributed by atoms with Crippen molar-refractivity contribution in [2.45, 2.75) is 32.0 Å². The Labute approximate surface area is 102 Å². The molecule has 0 aliphatic carbocycles. The minimum absolute atomic E-state index is 0.0236. The number of nitrogens with one attached hydrogen (secondary N) is 1. The summed E-state index contributed by atoms with van der Waals surface area (Å²) >= 11 is 0. The number of hydrogen-bond donors (Lipinski definition) is 2. The summed E-state index contributed by atoms with van der Waals surface area (Å²) in [5.41, 5.74) is 0. The molecule has 0 aromatic carbocycles. The van der Waals surface area contributed by atoms with Crippen LogP contribution in [0.4, 0.5) is 0 Å². The van der Waals surface area contributed by atoms with E-state index in [0.29, 0.717) is 12.8 Å². The fraction of sp³-hybridized carbons (Fsp3) is 0.583. The fourth-order valence-electron chi connectivity index (χ4n) is 1.75. The summed E-state index contributed by atoms with van der Waals surface area (Å²) in [5, 5.41) is 24.4. The molecule has 1 rings (SSSR count). The van der Waals surface area contributed by atoms with Crippen molar-refractivity contribution in [3.63, 3.8) is 0 Å². The van der Waals surface area contributed by atoms with Crippen LogP contribution in [0.2, 0.25) is 0 Å². The molecule has 1 heterocycles. The average molecular weight is 240 g/mol. The SMILES string of the molecule is C=CC(C)NC(O)CCC[N+]1([O-])CC=CC1=O. The Morgan fingerprint density at radius 2 is 2.47 bits per heavy atom. The Kier molecular flexibility index (Phi) is 5.02. The van der Waals surface area contributed by atoms with Crippen molar-refractivity contribution in [1.29, 1.82) is 0 Å². The summed E-state index contributed by atoms with van der Waals surface area (Å²) < 4.78 is -0.816. The average Bonchev–Trinajstić information content (AvgIpc) is 2.59. The normalized spacial score (nSPS) is 27.1. The summed E-state index contributed by atoms with van der Waals surface area (Å²) in [7, 11) is 0. The zero-order valence-corrected chi connectivity index (χ0v) is 10.1. The number of hydrogen-bond acceptors (Lipinski definition) is 4. The van der Waals surface area contributed by atoms with Gasteiger partial charge in [0, 0.05) is 18.5 Å². The molecule has 17 heavy (non-hydrogen) atoms. The van der Waals surface area contributed by atoms with Crippen molar-refractivity contribution < 1.29 is 14.5 Å². The third kappa shape index (κ3) is 4.05. The van der Waals surface area contributed by atoms with Gasteiger partial charge in [0.25, 0.3) is 0 Å². The number of nitrogens with zero attached hydrogens (tertiary/aromatic N) is 1. The Morgan fingerprint density at radius 1 is 1.76 bits per heavy atom. The Morgan fingerprint density at radius 3 is 3.00 bits per heavy atom. The molecule has 5 heteroatoms.